The summed E-state index contributed by atoms with van der Waals surface area (Å²) < 4.78 is 13.2. The molecule has 3 rings (SSSR count). The van der Waals surface area contributed by atoms with Crippen molar-refractivity contribution in [2.75, 3.05) is 26.7 Å². The fourth-order valence-corrected chi connectivity index (χ4v) is 3.33. The van der Waals surface area contributed by atoms with Gasteiger partial charge in [-0.2, -0.15) is 0 Å². The predicted octanol–water partition coefficient (Wildman–Crippen LogP) is 2.51. The summed E-state index contributed by atoms with van der Waals surface area (Å²) in [5, 5.41) is 4.12. The Kier molecular flexibility index (Phi) is 7.13. The summed E-state index contributed by atoms with van der Waals surface area (Å²) in [6, 6.07) is 4.64. The first-order valence-corrected chi connectivity index (χ1v) is 8.66. The van der Waals surface area contributed by atoms with Gasteiger partial charge in [-0.3, -0.25) is 4.79 Å². The average Bonchev–Trinajstić information content (AvgIpc) is 2.98. The number of nitrogens with zero attached hydrogens (tertiary/aromatic N) is 1. The molecular weight excluding hydrogens is 321 g/mol. The summed E-state index contributed by atoms with van der Waals surface area (Å²) in [7, 11) is 1.95. The van der Waals surface area contributed by atoms with E-state index in [4.69, 9.17) is 4.79 Å². The second-order valence-corrected chi connectivity index (χ2v) is 6.32. The van der Waals surface area contributed by atoms with Gasteiger partial charge in [0.05, 0.1) is 6.42 Å². The summed E-state index contributed by atoms with van der Waals surface area (Å²) in [6.45, 7) is 4.07. The molecule has 1 aromatic carbocycles. The highest BCUT2D eigenvalue weighted by Gasteiger charge is 2.23. The van der Waals surface area contributed by atoms with Gasteiger partial charge in [0.2, 0.25) is 5.91 Å². The number of H-pyrrole nitrogens is 1. The van der Waals surface area contributed by atoms with Gasteiger partial charge < -0.3 is 20.0 Å². The molecule has 5 nitrogen and oxygen atoms in total. The standard InChI is InChI=1S/C17H22FN3O.C2H4O/c1-19-9-12-3-2-6-21(11-12)17(22)7-13-10-20-16-8-14(18)4-5-15(13)16;1-2-3/h4-5,8,10,12,19-20H,2-3,6-7,9,11H2,1H3;2H,1H3. The predicted molar refractivity (Wildman–Crippen MR) is 96.9 cm³/mol. The van der Waals surface area contributed by atoms with Crippen molar-refractivity contribution >= 4 is 23.1 Å². The highest BCUT2D eigenvalue weighted by atomic mass is 19.1. The number of fused-ring (bicyclic) bond motifs is 1. The topological polar surface area (TPSA) is 65.2 Å². The van der Waals surface area contributed by atoms with Gasteiger partial charge in [-0.1, -0.05) is 0 Å². The molecule has 1 aliphatic heterocycles. The van der Waals surface area contributed by atoms with E-state index in [1.807, 2.05) is 18.1 Å². The first-order valence-electron chi connectivity index (χ1n) is 8.66. The van der Waals surface area contributed by atoms with Crippen LogP contribution in [0.15, 0.2) is 24.4 Å². The van der Waals surface area contributed by atoms with Crippen LogP contribution in [0.3, 0.4) is 0 Å². The molecule has 1 saturated heterocycles. The van der Waals surface area contributed by atoms with Gasteiger partial charge in [0.15, 0.2) is 0 Å². The van der Waals surface area contributed by atoms with Crippen LogP contribution in [-0.2, 0) is 16.0 Å². The van der Waals surface area contributed by atoms with Crippen molar-refractivity contribution in [2.24, 2.45) is 5.92 Å². The third kappa shape index (κ3) is 5.13. The maximum Gasteiger partial charge on any atom is 0.227 e. The van der Waals surface area contributed by atoms with E-state index < -0.39 is 0 Å². The number of rotatable bonds is 4. The number of nitrogens with one attached hydrogen (secondary N) is 2. The number of piperidine rings is 1. The van der Waals surface area contributed by atoms with Crippen molar-refractivity contribution in [2.45, 2.75) is 26.2 Å². The average molecular weight is 347 g/mol. The van der Waals surface area contributed by atoms with Crippen molar-refractivity contribution in [1.82, 2.24) is 15.2 Å². The van der Waals surface area contributed by atoms with Gasteiger partial charge in [-0.05, 0) is 63.0 Å². The molecule has 0 spiro atoms. The van der Waals surface area contributed by atoms with Crippen LogP contribution in [0.5, 0.6) is 0 Å². The van der Waals surface area contributed by atoms with Crippen LogP contribution in [0.2, 0.25) is 0 Å². The van der Waals surface area contributed by atoms with E-state index in [2.05, 4.69) is 10.3 Å². The van der Waals surface area contributed by atoms with Crippen LogP contribution >= 0.6 is 0 Å². The Hall–Kier alpha value is -2.21. The first-order chi connectivity index (χ1) is 12.1. The Morgan fingerprint density at radius 3 is 2.96 bits per heavy atom. The molecule has 1 atom stereocenters. The summed E-state index contributed by atoms with van der Waals surface area (Å²) in [5.41, 5.74) is 1.69. The second-order valence-electron chi connectivity index (χ2n) is 6.32. The van der Waals surface area contributed by atoms with E-state index in [9.17, 15) is 9.18 Å². The summed E-state index contributed by atoms with van der Waals surface area (Å²) in [5.74, 6) is 0.434. The monoisotopic (exact) mass is 347 g/mol. The summed E-state index contributed by atoms with van der Waals surface area (Å²) in [4.78, 5) is 26.4. The molecule has 0 aliphatic carbocycles. The fourth-order valence-electron chi connectivity index (χ4n) is 3.33. The largest absolute Gasteiger partial charge is 0.361 e. The zero-order valence-electron chi connectivity index (χ0n) is 14.8. The number of hydrogen-bond donors (Lipinski definition) is 2. The lowest BCUT2D eigenvalue weighted by atomic mass is 9.97. The Labute approximate surface area is 147 Å². The lowest BCUT2D eigenvalue weighted by Gasteiger charge is -2.32. The lowest BCUT2D eigenvalue weighted by molar-refractivity contribution is -0.132. The highest BCUT2D eigenvalue weighted by Crippen LogP contribution is 2.22. The Morgan fingerprint density at radius 2 is 2.24 bits per heavy atom. The molecule has 2 N–H and O–H groups in total. The van der Waals surface area contributed by atoms with Crippen molar-refractivity contribution in [3.63, 3.8) is 0 Å². The van der Waals surface area contributed by atoms with E-state index in [0.29, 0.717) is 12.3 Å². The lowest BCUT2D eigenvalue weighted by Crippen LogP contribution is -2.43. The van der Waals surface area contributed by atoms with Crippen molar-refractivity contribution < 1.29 is 14.0 Å². The first kappa shape index (κ1) is 19.1. The molecule has 0 saturated carbocycles. The minimum atomic E-state index is -0.266. The third-order valence-corrected chi connectivity index (χ3v) is 4.44. The van der Waals surface area contributed by atoms with Crippen LogP contribution in [0.4, 0.5) is 4.39 Å². The normalized spacial score (nSPS) is 17.1. The smallest absolute Gasteiger partial charge is 0.227 e. The third-order valence-electron chi connectivity index (χ3n) is 4.44. The fraction of sp³-hybridized carbons (Fsp3) is 0.474. The molecule has 0 radical (unpaired) electrons. The van der Waals surface area contributed by atoms with Gasteiger partial charge in [-0.15, -0.1) is 0 Å². The Balaban J connectivity index is 0.000000701. The molecule has 1 aliphatic rings. The van der Waals surface area contributed by atoms with Crippen LogP contribution in [-0.4, -0.2) is 48.8 Å². The molecular formula is C19H26FN3O2. The van der Waals surface area contributed by atoms with E-state index in [1.165, 1.54) is 25.5 Å². The van der Waals surface area contributed by atoms with Crippen LogP contribution in [0.1, 0.15) is 25.3 Å². The molecule has 2 heterocycles. The van der Waals surface area contributed by atoms with Gasteiger partial charge in [0.25, 0.3) is 0 Å². The van der Waals surface area contributed by atoms with Gasteiger partial charge in [0, 0.05) is 30.2 Å². The minimum Gasteiger partial charge on any atom is -0.361 e. The number of benzene rings is 1. The van der Waals surface area contributed by atoms with Gasteiger partial charge in [-0.25, -0.2) is 4.39 Å². The number of hydrogen-bond acceptors (Lipinski definition) is 3. The number of carbonyl (C=O) groups is 2. The number of aldehydes is 1. The molecule has 0 bridgehead atoms. The van der Waals surface area contributed by atoms with Gasteiger partial charge in [0.1, 0.15) is 12.1 Å². The molecule has 25 heavy (non-hydrogen) atoms. The number of aromatic nitrogens is 1. The number of carbonyl (C=O) groups excluding carboxylic acids is 2. The van der Waals surface area contributed by atoms with Crippen LogP contribution < -0.4 is 5.32 Å². The second kappa shape index (κ2) is 9.32. The Morgan fingerprint density at radius 1 is 1.48 bits per heavy atom. The number of amides is 1. The van der Waals surface area contributed by atoms with E-state index in [-0.39, 0.29) is 11.7 Å². The van der Waals surface area contributed by atoms with Crippen molar-refractivity contribution in [3.05, 3.63) is 35.8 Å². The maximum absolute atomic E-state index is 13.2. The minimum absolute atomic E-state index is 0.158. The highest BCUT2D eigenvalue weighted by molar-refractivity contribution is 5.89. The molecule has 1 fully saturated rings. The van der Waals surface area contributed by atoms with Gasteiger partial charge >= 0.3 is 0 Å². The van der Waals surface area contributed by atoms with Crippen molar-refractivity contribution in [1.29, 1.82) is 0 Å². The maximum atomic E-state index is 13.2. The zero-order chi connectivity index (χ0) is 18.2. The van der Waals surface area contributed by atoms with Crippen LogP contribution in [0.25, 0.3) is 10.9 Å². The molecule has 1 aromatic heterocycles. The summed E-state index contributed by atoms with van der Waals surface area (Å²) in [6.07, 6.45) is 5.18. The number of likely N-dealkylation sites (tertiary alicyclic amines) is 1. The van der Waals surface area contributed by atoms with E-state index >= 15 is 0 Å². The molecule has 2 aromatic rings. The number of halogens is 1. The van der Waals surface area contributed by atoms with Crippen molar-refractivity contribution in [3.8, 4) is 0 Å². The molecule has 1 unspecified atom stereocenters. The molecule has 6 heteroatoms. The van der Waals surface area contributed by atoms with E-state index in [0.717, 1.165) is 48.8 Å². The zero-order valence-corrected chi connectivity index (χ0v) is 14.8. The Bertz CT molecular complexity index is 712. The van der Waals surface area contributed by atoms with Crippen LogP contribution in [0, 0.1) is 11.7 Å². The quantitative estimate of drug-likeness (QED) is 0.835. The number of aromatic amines is 1. The molecule has 136 valence electrons. The molecule has 1 amide bonds. The summed E-state index contributed by atoms with van der Waals surface area (Å²) >= 11 is 0. The van der Waals surface area contributed by atoms with E-state index in [1.54, 1.807) is 6.07 Å². The SMILES string of the molecule is CC=O.CNCC1CCCN(C(=O)Cc2c[nH]c3cc(F)ccc23)C1.